The zero-order valence-corrected chi connectivity index (χ0v) is 8.55. The summed E-state index contributed by atoms with van der Waals surface area (Å²) in [5.41, 5.74) is 0. The first-order valence-electron chi connectivity index (χ1n) is 5.11. The fraction of sp³-hybridized carbons (Fsp3) is 1.00. The third kappa shape index (κ3) is 2.46. The van der Waals surface area contributed by atoms with Crippen LogP contribution < -0.4 is 0 Å². The van der Waals surface area contributed by atoms with Crippen LogP contribution in [0.2, 0.25) is 0 Å². The van der Waals surface area contributed by atoms with Crippen LogP contribution in [0.5, 0.6) is 0 Å². The van der Waals surface area contributed by atoms with E-state index in [9.17, 15) is 0 Å². The minimum absolute atomic E-state index is 0.663. The zero-order chi connectivity index (χ0) is 8.97. The molecule has 2 nitrogen and oxygen atoms in total. The van der Waals surface area contributed by atoms with Crippen molar-refractivity contribution in [2.45, 2.75) is 45.6 Å². The highest BCUT2D eigenvalue weighted by molar-refractivity contribution is 4.78. The Kier molecular flexibility index (Phi) is 4.02. The third-order valence-electron chi connectivity index (χ3n) is 2.78. The number of hydrogen-bond donors (Lipinski definition) is 0. The fourth-order valence-electron chi connectivity index (χ4n) is 2.00. The maximum Gasteiger partial charge on any atom is 0.0682 e. The van der Waals surface area contributed by atoms with Crippen LogP contribution in [0.4, 0.5) is 0 Å². The van der Waals surface area contributed by atoms with Gasteiger partial charge in [-0.05, 0) is 25.2 Å². The summed E-state index contributed by atoms with van der Waals surface area (Å²) in [6.45, 7) is 5.33. The molecule has 0 aromatic heterocycles. The molecule has 2 heteroatoms. The molecule has 2 atom stereocenters. The minimum Gasteiger partial charge on any atom is -0.299 e. The zero-order valence-electron chi connectivity index (χ0n) is 8.55. The Labute approximate surface area is 75.8 Å². The number of hydrogen-bond acceptors (Lipinski definition) is 2. The van der Waals surface area contributed by atoms with E-state index in [1.165, 1.54) is 19.3 Å². The summed E-state index contributed by atoms with van der Waals surface area (Å²) in [5.74, 6) is 0.812. The van der Waals surface area contributed by atoms with E-state index < -0.39 is 0 Å². The van der Waals surface area contributed by atoms with Crippen molar-refractivity contribution in [2.75, 3.05) is 13.7 Å². The van der Waals surface area contributed by atoms with Crippen molar-refractivity contribution in [1.82, 2.24) is 5.06 Å². The molecule has 0 aliphatic heterocycles. The van der Waals surface area contributed by atoms with Crippen molar-refractivity contribution >= 4 is 0 Å². The van der Waals surface area contributed by atoms with E-state index in [0.29, 0.717) is 6.04 Å². The van der Waals surface area contributed by atoms with Gasteiger partial charge in [-0.25, -0.2) is 0 Å². The Bertz CT molecular complexity index is 127. The second kappa shape index (κ2) is 4.83. The van der Waals surface area contributed by atoms with E-state index in [2.05, 4.69) is 26.0 Å². The number of nitrogens with zero attached hydrogens (tertiary/aromatic N) is 1. The molecule has 1 aliphatic carbocycles. The fourth-order valence-corrected chi connectivity index (χ4v) is 2.00. The summed E-state index contributed by atoms with van der Waals surface area (Å²) in [5, 5.41) is 2.07. The molecule has 0 saturated heterocycles. The molecule has 0 heterocycles. The summed E-state index contributed by atoms with van der Waals surface area (Å²) in [6, 6.07) is 0.663. The lowest BCUT2D eigenvalue weighted by Crippen LogP contribution is -2.33. The van der Waals surface area contributed by atoms with Gasteiger partial charge in [-0.3, -0.25) is 4.84 Å². The minimum atomic E-state index is 0.663. The topological polar surface area (TPSA) is 12.5 Å². The Morgan fingerprint density at radius 3 is 2.67 bits per heavy atom. The molecular weight excluding hydrogens is 150 g/mol. The molecule has 0 bridgehead atoms. The van der Waals surface area contributed by atoms with Gasteiger partial charge in [0.2, 0.25) is 0 Å². The van der Waals surface area contributed by atoms with E-state index in [0.717, 1.165) is 18.9 Å². The Balaban J connectivity index is 2.25. The van der Waals surface area contributed by atoms with Crippen LogP contribution in [0, 0.1) is 5.92 Å². The highest BCUT2D eigenvalue weighted by Crippen LogP contribution is 2.28. The Morgan fingerprint density at radius 1 is 1.42 bits per heavy atom. The van der Waals surface area contributed by atoms with E-state index in [4.69, 9.17) is 4.84 Å². The van der Waals surface area contributed by atoms with Gasteiger partial charge in [-0.15, -0.1) is 0 Å². The van der Waals surface area contributed by atoms with Crippen molar-refractivity contribution in [1.29, 1.82) is 0 Å². The first kappa shape index (κ1) is 10.0. The molecule has 72 valence electrons. The lowest BCUT2D eigenvalue weighted by molar-refractivity contribution is -0.173. The van der Waals surface area contributed by atoms with Crippen molar-refractivity contribution < 1.29 is 4.84 Å². The van der Waals surface area contributed by atoms with Gasteiger partial charge in [0.15, 0.2) is 0 Å². The molecule has 0 aromatic carbocycles. The lowest BCUT2D eigenvalue weighted by Gasteiger charge is -2.26. The molecule has 0 aromatic rings. The van der Waals surface area contributed by atoms with Crippen LogP contribution in [-0.2, 0) is 4.84 Å². The van der Waals surface area contributed by atoms with E-state index in [1.807, 2.05) is 0 Å². The summed E-state index contributed by atoms with van der Waals surface area (Å²) in [7, 11) is 2.07. The first-order chi connectivity index (χ1) is 5.75. The molecule has 0 N–H and O–H groups in total. The van der Waals surface area contributed by atoms with Gasteiger partial charge < -0.3 is 0 Å². The van der Waals surface area contributed by atoms with Crippen LogP contribution in [0.15, 0.2) is 0 Å². The van der Waals surface area contributed by atoms with Gasteiger partial charge in [0.25, 0.3) is 0 Å². The van der Waals surface area contributed by atoms with Crippen molar-refractivity contribution in [3.63, 3.8) is 0 Å². The highest BCUT2D eigenvalue weighted by atomic mass is 16.7. The van der Waals surface area contributed by atoms with Gasteiger partial charge in [-0.2, -0.15) is 5.06 Å². The first-order valence-corrected chi connectivity index (χ1v) is 5.11. The monoisotopic (exact) mass is 171 g/mol. The average Bonchev–Trinajstić information content (AvgIpc) is 2.47. The maximum absolute atomic E-state index is 5.58. The van der Waals surface area contributed by atoms with Crippen molar-refractivity contribution in [2.24, 2.45) is 5.92 Å². The van der Waals surface area contributed by atoms with E-state index >= 15 is 0 Å². The standard InChI is InChI=1S/C10H21NO/c1-4-8-12-11(3)10-7-5-6-9(10)2/h9-10H,4-8H2,1-3H3. The van der Waals surface area contributed by atoms with Gasteiger partial charge >= 0.3 is 0 Å². The summed E-state index contributed by atoms with van der Waals surface area (Å²) >= 11 is 0. The van der Waals surface area contributed by atoms with Gasteiger partial charge in [0.1, 0.15) is 0 Å². The van der Waals surface area contributed by atoms with Crippen molar-refractivity contribution in [3.8, 4) is 0 Å². The quantitative estimate of drug-likeness (QED) is 0.602. The summed E-state index contributed by atoms with van der Waals surface area (Å²) in [4.78, 5) is 5.58. The van der Waals surface area contributed by atoms with Gasteiger partial charge in [0.05, 0.1) is 6.61 Å². The van der Waals surface area contributed by atoms with Crippen LogP contribution in [0.1, 0.15) is 39.5 Å². The van der Waals surface area contributed by atoms with Gasteiger partial charge in [-0.1, -0.05) is 20.3 Å². The van der Waals surface area contributed by atoms with Gasteiger partial charge in [0, 0.05) is 13.1 Å². The molecule has 1 rings (SSSR count). The smallest absolute Gasteiger partial charge is 0.0682 e. The molecule has 0 radical (unpaired) electrons. The molecule has 1 fully saturated rings. The van der Waals surface area contributed by atoms with Crippen LogP contribution >= 0.6 is 0 Å². The predicted molar refractivity (Wildman–Crippen MR) is 50.8 cm³/mol. The maximum atomic E-state index is 5.58. The normalized spacial score (nSPS) is 30.0. The van der Waals surface area contributed by atoms with Crippen LogP contribution in [-0.4, -0.2) is 24.8 Å². The molecule has 1 saturated carbocycles. The SMILES string of the molecule is CCCON(C)C1CCCC1C. The Hall–Kier alpha value is -0.0800. The average molecular weight is 171 g/mol. The molecule has 0 spiro atoms. The molecule has 2 unspecified atom stereocenters. The summed E-state index contributed by atoms with van der Waals surface area (Å²) in [6.07, 6.45) is 5.14. The largest absolute Gasteiger partial charge is 0.299 e. The van der Waals surface area contributed by atoms with Crippen molar-refractivity contribution in [3.05, 3.63) is 0 Å². The van der Waals surface area contributed by atoms with E-state index in [-0.39, 0.29) is 0 Å². The number of hydroxylamine groups is 2. The Morgan fingerprint density at radius 2 is 2.17 bits per heavy atom. The predicted octanol–water partition coefficient (Wildman–Crippen LogP) is 2.45. The van der Waals surface area contributed by atoms with E-state index in [1.54, 1.807) is 0 Å². The molecule has 1 aliphatic rings. The highest BCUT2D eigenvalue weighted by Gasteiger charge is 2.27. The van der Waals surface area contributed by atoms with Crippen LogP contribution in [0.25, 0.3) is 0 Å². The second-order valence-corrected chi connectivity index (χ2v) is 3.85. The third-order valence-corrected chi connectivity index (χ3v) is 2.78. The lowest BCUT2D eigenvalue weighted by atomic mass is 10.1. The summed E-state index contributed by atoms with van der Waals surface area (Å²) < 4.78 is 0. The number of rotatable bonds is 4. The second-order valence-electron chi connectivity index (χ2n) is 3.85. The van der Waals surface area contributed by atoms with Crippen LogP contribution in [0.3, 0.4) is 0 Å². The molecular formula is C10H21NO. The molecule has 0 amide bonds. The molecule has 12 heavy (non-hydrogen) atoms.